The Morgan fingerprint density at radius 2 is 1.00 bits per heavy atom. The van der Waals surface area contributed by atoms with Crippen LogP contribution in [0.3, 0.4) is 0 Å². The van der Waals surface area contributed by atoms with Crippen molar-refractivity contribution in [2.45, 2.75) is 33.6 Å². The molecular formula is C18H22. The Labute approximate surface area is 111 Å². The number of rotatable bonds is 4. The van der Waals surface area contributed by atoms with E-state index in [1.165, 1.54) is 22.3 Å². The van der Waals surface area contributed by atoms with E-state index in [-0.39, 0.29) is 0 Å². The van der Waals surface area contributed by atoms with Crippen molar-refractivity contribution in [2.24, 2.45) is 5.92 Å². The van der Waals surface area contributed by atoms with Gasteiger partial charge >= 0.3 is 0 Å². The summed E-state index contributed by atoms with van der Waals surface area (Å²) in [5.74, 6) is 0.690. The fraction of sp³-hybridized carbons (Fsp3) is 0.333. The molecule has 0 nitrogen and oxygen atoms in total. The maximum atomic E-state index is 2.33. The Morgan fingerprint density at radius 3 is 1.33 bits per heavy atom. The Bertz CT molecular complexity index is 429. The van der Waals surface area contributed by atoms with Crippen molar-refractivity contribution in [1.29, 1.82) is 0 Å². The number of benzene rings is 2. The van der Waals surface area contributed by atoms with Gasteiger partial charge in [-0.15, -0.1) is 0 Å². The minimum absolute atomic E-state index is 0.690. The number of hydrogen-bond donors (Lipinski definition) is 0. The van der Waals surface area contributed by atoms with Crippen LogP contribution in [0, 0.1) is 19.8 Å². The van der Waals surface area contributed by atoms with Gasteiger partial charge in [-0.3, -0.25) is 0 Å². The van der Waals surface area contributed by atoms with Crippen molar-refractivity contribution in [1.82, 2.24) is 0 Å². The van der Waals surface area contributed by atoms with Gasteiger partial charge in [0.25, 0.3) is 0 Å². The van der Waals surface area contributed by atoms with Crippen LogP contribution < -0.4 is 0 Å². The topological polar surface area (TPSA) is 0 Å². The molecule has 0 unspecified atom stereocenters. The molecule has 0 atom stereocenters. The lowest BCUT2D eigenvalue weighted by atomic mass is 9.93. The second-order valence-electron chi connectivity index (χ2n) is 5.48. The lowest BCUT2D eigenvalue weighted by molar-refractivity contribution is 0.577. The van der Waals surface area contributed by atoms with Crippen LogP contribution in [0.4, 0.5) is 0 Å². The smallest absolute Gasteiger partial charge is 0.0250 e. The molecule has 18 heavy (non-hydrogen) atoms. The number of aryl methyl sites for hydroxylation is 2. The summed E-state index contributed by atoms with van der Waals surface area (Å²) in [6.07, 6.45) is 2.32. The molecule has 0 heteroatoms. The summed E-state index contributed by atoms with van der Waals surface area (Å²) in [5, 5.41) is 0. The summed E-state index contributed by atoms with van der Waals surface area (Å²) in [6, 6.07) is 17.8. The van der Waals surface area contributed by atoms with Crippen LogP contribution >= 0.6 is 0 Å². The largest absolute Gasteiger partial charge is 0.0619 e. The van der Waals surface area contributed by atoms with E-state index in [4.69, 9.17) is 0 Å². The Kier molecular flexibility index (Phi) is 4.19. The van der Waals surface area contributed by atoms with E-state index in [2.05, 4.69) is 69.3 Å². The van der Waals surface area contributed by atoms with Crippen LogP contribution in [0.1, 0.15) is 29.2 Å². The molecule has 0 aromatic heterocycles. The highest BCUT2D eigenvalue weighted by Crippen LogP contribution is 2.15. The molecule has 2 aromatic carbocycles. The standard InChI is InChI=1S/C18H22/c1-14-4-8-17(9-5-14)12-16(3)13-18-10-6-15(2)7-11-18/h4-11,16H,12-13H2,1-3H3. The second-order valence-corrected chi connectivity index (χ2v) is 5.48. The molecule has 2 rings (SSSR count). The molecule has 0 amide bonds. The van der Waals surface area contributed by atoms with E-state index >= 15 is 0 Å². The third-order valence-electron chi connectivity index (χ3n) is 3.41. The first-order chi connectivity index (χ1) is 8.63. The summed E-state index contributed by atoms with van der Waals surface area (Å²) in [6.45, 7) is 6.61. The maximum Gasteiger partial charge on any atom is -0.0250 e. The van der Waals surface area contributed by atoms with Crippen LogP contribution in [0.25, 0.3) is 0 Å². The molecular weight excluding hydrogens is 216 g/mol. The average Bonchev–Trinajstić information content (AvgIpc) is 2.35. The molecule has 0 heterocycles. The van der Waals surface area contributed by atoms with Gasteiger partial charge in [0.05, 0.1) is 0 Å². The molecule has 0 fully saturated rings. The molecule has 0 saturated heterocycles. The highest BCUT2D eigenvalue weighted by molar-refractivity contribution is 5.24. The normalized spacial score (nSPS) is 10.9. The fourth-order valence-electron chi connectivity index (χ4n) is 2.33. The highest BCUT2D eigenvalue weighted by Gasteiger charge is 2.05. The fourth-order valence-corrected chi connectivity index (χ4v) is 2.33. The first-order valence-electron chi connectivity index (χ1n) is 6.74. The Hall–Kier alpha value is -1.56. The second kappa shape index (κ2) is 5.86. The molecule has 2 aromatic rings. The Morgan fingerprint density at radius 1 is 0.667 bits per heavy atom. The van der Waals surface area contributed by atoms with Gasteiger partial charge in [0.2, 0.25) is 0 Å². The van der Waals surface area contributed by atoms with Crippen molar-refractivity contribution in [3.63, 3.8) is 0 Å². The van der Waals surface area contributed by atoms with Crippen molar-refractivity contribution in [2.75, 3.05) is 0 Å². The van der Waals surface area contributed by atoms with E-state index in [0.29, 0.717) is 5.92 Å². The van der Waals surface area contributed by atoms with Crippen LogP contribution in [-0.2, 0) is 12.8 Å². The molecule has 0 aliphatic carbocycles. The Balaban J connectivity index is 1.94. The quantitative estimate of drug-likeness (QED) is 0.722. The molecule has 0 spiro atoms. The summed E-state index contributed by atoms with van der Waals surface area (Å²) in [4.78, 5) is 0. The SMILES string of the molecule is Cc1ccc(CC(C)Cc2ccc(C)cc2)cc1. The summed E-state index contributed by atoms with van der Waals surface area (Å²) in [7, 11) is 0. The van der Waals surface area contributed by atoms with Gasteiger partial charge in [0.1, 0.15) is 0 Å². The molecule has 0 saturated carbocycles. The minimum Gasteiger partial charge on any atom is -0.0619 e. The van der Waals surface area contributed by atoms with E-state index in [0.717, 1.165) is 12.8 Å². The third-order valence-corrected chi connectivity index (χ3v) is 3.41. The molecule has 0 aliphatic rings. The van der Waals surface area contributed by atoms with Gasteiger partial charge in [-0.25, -0.2) is 0 Å². The monoisotopic (exact) mass is 238 g/mol. The zero-order valence-electron chi connectivity index (χ0n) is 11.6. The van der Waals surface area contributed by atoms with Crippen LogP contribution in [0.5, 0.6) is 0 Å². The predicted octanol–water partition coefficient (Wildman–Crippen LogP) is 4.72. The van der Waals surface area contributed by atoms with Crippen LogP contribution in [0.2, 0.25) is 0 Å². The van der Waals surface area contributed by atoms with Gasteiger partial charge in [-0.1, -0.05) is 66.6 Å². The average molecular weight is 238 g/mol. The first kappa shape index (κ1) is 12.9. The van der Waals surface area contributed by atoms with Gasteiger partial charge < -0.3 is 0 Å². The van der Waals surface area contributed by atoms with Crippen LogP contribution in [0.15, 0.2) is 48.5 Å². The van der Waals surface area contributed by atoms with Crippen molar-refractivity contribution < 1.29 is 0 Å². The molecule has 0 N–H and O–H groups in total. The zero-order chi connectivity index (χ0) is 13.0. The molecule has 0 radical (unpaired) electrons. The van der Waals surface area contributed by atoms with Gasteiger partial charge in [-0.2, -0.15) is 0 Å². The third kappa shape index (κ3) is 3.73. The maximum absolute atomic E-state index is 2.33. The van der Waals surface area contributed by atoms with E-state index in [9.17, 15) is 0 Å². The lowest BCUT2D eigenvalue weighted by Gasteiger charge is -2.12. The summed E-state index contributed by atoms with van der Waals surface area (Å²) >= 11 is 0. The van der Waals surface area contributed by atoms with Gasteiger partial charge in [-0.05, 0) is 43.7 Å². The highest BCUT2D eigenvalue weighted by atomic mass is 14.1. The van der Waals surface area contributed by atoms with E-state index < -0.39 is 0 Å². The van der Waals surface area contributed by atoms with Gasteiger partial charge in [0.15, 0.2) is 0 Å². The van der Waals surface area contributed by atoms with Gasteiger partial charge in [0, 0.05) is 0 Å². The van der Waals surface area contributed by atoms with E-state index in [1.807, 2.05) is 0 Å². The predicted molar refractivity (Wildman–Crippen MR) is 78.9 cm³/mol. The lowest BCUT2D eigenvalue weighted by Crippen LogP contribution is -2.03. The molecule has 94 valence electrons. The first-order valence-corrected chi connectivity index (χ1v) is 6.74. The van der Waals surface area contributed by atoms with Crippen molar-refractivity contribution in [3.05, 3.63) is 70.8 Å². The van der Waals surface area contributed by atoms with Crippen molar-refractivity contribution >= 4 is 0 Å². The molecule has 0 bridgehead atoms. The zero-order valence-corrected chi connectivity index (χ0v) is 11.6. The number of hydrogen-bond acceptors (Lipinski definition) is 0. The van der Waals surface area contributed by atoms with Crippen molar-refractivity contribution in [3.8, 4) is 0 Å². The van der Waals surface area contributed by atoms with E-state index in [1.54, 1.807) is 0 Å². The van der Waals surface area contributed by atoms with Crippen LogP contribution in [-0.4, -0.2) is 0 Å². The summed E-state index contributed by atoms with van der Waals surface area (Å²) in [5.41, 5.74) is 5.57. The summed E-state index contributed by atoms with van der Waals surface area (Å²) < 4.78 is 0. The molecule has 0 aliphatic heterocycles. The minimum atomic E-state index is 0.690.